The minimum absolute atomic E-state index is 0.0847. The minimum atomic E-state index is -5.03. The lowest BCUT2D eigenvalue weighted by Crippen LogP contribution is -2.18. The Hall–Kier alpha value is -2.89. The number of aromatic carboxylic acids is 1. The van der Waals surface area contributed by atoms with Crippen molar-refractivity contribution in [1.29, 1.82) is 0 Å². The molecule has 0 aliphatic carbocycles. The van der Waals surface area contributed by atoms with Crippen LogP contribution in [0.15, 0.2) is 47.4 Å². The molecule has 0 radical (unpaired) electrons. The number of benzene rings is 2. The van der Waals surface area contributed by atoms with Gasteiger partial charge in [0.05, 0.1) is 11.3 Å². The van der Waals surface area contributed by atoms with Gasteiger partial charge in [0.25, 0.3) is 5.91 Å². The highest BCUT2D eigenvalue weighted by Crippen LogP contribution is 2.36. The van der Waals surface area contributed by atoms with E-state index in [0.29, 0.717) is 6.07 Å². The molecule has 0 saturated heterocycles. The van der Waals surface area contributed by atoms with Crippen molar-refractivity contribution in [3.8, 4) is 5.75 Å². The maximum atomic E-state index is 12.3. The fourth-order valence-electron chi connectivity index (χ4n) is 2.01. The molecule has 0 aliphatic heterocycles. The van der Waals surface area contributed by atoms with Crippen LogP contribution in [0.3, 0.4) is 0 Å². The zero-order chi connectivity index (χ0) is 21.1. The Morgan fingerprint density at radius 3 is 2.07 bits per heavy atom. The van der Waals surface area contributed by atoms with Gasteiger partial charge in [0.2, 0.25) is 0 Å². The third-order valence-electron chi connectivity index (χ3n) is 3.05. The molecule has 0 spiro atoms. The van der Waals surface area contributed by atoms with E-state index in [0.717, 1.165) is 36.4 Å². The Morgan fingerprint density at radius 2 is 1.57 bits per heavy atom. The molecule has 2 N–H and O–H groups in total. The number of ether oxygens (including phenoxy) is 1. The average Bonchev–Trinajstić information content (AvgIpc) is 2.53. The molecule has 1 amide bonds. The van der Waals surface area contributed by atoms with Gasteiger partial charge in [-0.05, 0) is 54.2 Å². The van der Waals surface area contributed by atoms with Gasteiger partial charge in [0.15, 0.2) is 0 Å². The lowest BCUT2D eigenvalue weighted by molar-refractivity contribution is -0.274. The fourth-order valence-corrected chi connectivity index (χ4v) is 2.55. The van der Waals surface area contributed by atoms with E-state index in [1.807, 2.05) is 0 Å². The predicted octanol–water partition coefficient (Wildman–Crippen LogP) is 5.15. The zero-order valence-electron chi connectivity index (χ0n) is 13.4. The predicted molar refractivity (Wildman–Crippen MR) is 86.4 cm³/mol. The molecule has 28 heavy (non-hydrogen) atoms. The number of thioether (sulfide) groups is 1. The summed E-state index contributed by atoms with van der Waals surface area (Å²) >= 11 is -0.378. The highest BCUT2D eigenvalue weighted by molar-refractivity contribution is 8.00. The highest BCUT2D eigenvalue weighted by Gasteiger charge is 2.32. The molecule has 150 valence electrons. The molecule has 0 unspecified atom stereocenters. The number of halogens is 6. The fraction of sp³-hybridized carbons (Fsp3) is 0.125. The molecule has 0 atom stereocenters. The number of nitrogens with one attached hydrogen (secondary N) is 1. The third-order valence-corrected chi connectivity index (χ3v) is 3.79. The van der Waals surface area contributed by atoms with Crippen molar-refractivity contribution in [1.82, 2.24) is 0 Å². The summed E-state index contributed by atoms with van der Waals surface area (Å²) in [4.78, 5) is 23.2. The van der Waals surface area contributed by atoms with Crippen LogP contribution in [-0.2, 0) is 0 Å². The van der Waals surface area contributed by atoms with E-state index in [-0.39, 0.29) is 27.9 Å². The first-order valence-electron chi connectivity index (χ1n) is 7.14. The third kappa shape index (κ3) is 6.37. The van der Waals surface area contributed by atoms with Gasteiger partial charge in [0, 0.05) is 10.5 Å². The summed E-state index contributed by atoms with van der Waals surface area (Å²) in [6.07, 6.45) is -5.03. The summed E-state index contributed by atoms with van der Waals surface area (Å²) in [5.41, 5.74) is -5.57. The molecule has 0 saturated carbocycles. The van der Waals surface area contributed by atoms with Gasteiger partial charge in [-0.25, -0.2) is 4.79 Å². The smallest absolute Gasteiger partial charge is 0.478 e. The second kappa shape index (κ2) is 8.00. The largest absolute Gasteiger partial charge is 0.573 e. The van der Waals surface area contributed by atoms with Gasteiger partial charge in [-0.3, -0.25) is 4.79 Å². The van der Waals surface area contributed by atoms with Crippen LogP contribution in [0.2, 0.25) is 0 Å². The quantitative estimate of drug-likeness (QED) is 0.512. The van der Waals surface area contributed by atoms with Crippen molar-refractivity contribution in [2.24, 2.45) is 0 Å². The number of hydrogen-bond donors (Lipinski definition) is 2. The number of alkyl halides is 6. The first kappa shape index (κ1) is 21.4. The molecule has 0 aromatic heterocycles. The number of amides is 1. The molecule has 0 fully saturated rings. The van der Waals surface area contributed by atoms with E-state index < -0.39 is 35.1 Å². The monoisotopic (exact) mass is 425 g/mol. The number of carboxylic acids is 1. The van der Waals surface area contributed by atoms with E-state index in [1.54, 1.807) is 0 Å². The topological polar surface area (TPSA) is 75.6 Å². The summed E-state index contributed by atoms with van der Waals surface area (Å²) in [5.74, 6) is -3.29. The van der Waals surface area contributed by atoms with Crippen LogP contribution in [0.5, 0.6) is 5.75 Å². The van der Waals surface area contributed by atoms with Crippen molar-refractivity contribution in [3.63, 3.8) is 0 Å². The molecule has 0 bridgehead atoms. The van der Waals surface area contributed by atoms with Gasteiger partial charge < -0.3 is 15.2 Å². The molecule has 12 heteroatoms. The Labute approximate surface area is 157 Å². The van der Waals surface area contributed by atoms with Crippen molar-refractivity contribution in [3.05, 3.63) is 53.6 Å². The van der Waals surface area contributed by atoms with E-state index in [4.69, 9.17) is 5.11 Å². The molecule has 2 aromatic rings. The molecular formula is C16H9F6NO4S. The van der Waals surface area contributed by atoms with E-state index >= 15 is 0 Å². The van der Waals surface area contributed by atoms with Gasteiger partial charge >= 0.3 is 17.8 Å². The van der Waals surface area contributed by atoms with Crippen LogP contribution in [-0.4, -0.2) is 28.9 Å². The van der Waals surface area contributed by atoms with Crippen molar-refractivity contribution in [2.75, 3.05) is 5.32 Å². The number of carbonyl (C=O) groups is 2. The summed E-state index contributed by atoms with van der Waals surface area (Å²) < 4.78 is 77.2. The van der Waals surface area contributed by atoms with Crippen molar-refractivity contribution in [2.45, 2.75) is 16.8 Å². The summed E-state index contributed by atoms with van der Waals surface area (Å²) in [6.45, 7) is 0. The Balaban J connectivity index is 2.20. The Morgan fingerprint density at radius 1 is 0.964 bits per heavy atom. The summed E-state index contributed by atoms with van der Waals surface area (Å²) in [5, 5.41) is 11.3. The normalized spacial score (nSPS) is 11.8. The van der Waals surface area contributed by atoms with Crippen molar-refractivity contribution < 1.29 is 45.8 Å². The maximum Gasteiger partial charge on any atom is 0.573 e. The van der Waals surface area contributed by atoms with Crippen LogP contribution < -0.4 is 10.1 Å². The van der Waals surface area contributed by atoms with Crippen LogP contribution in [0.4, 0.5) is 32.0 Å². The average molecular weight is 425 g/mol. The molecule has 2 rings (SSSR count). The van der Waals surface area contributed by atoms with E-state index in [1.165, 1.54) is 0 Å². The molecule has 5 nitrogen and oxygen atoms in total. The first-order valence-corrected chi connectivity index (χ1v) is 7.96. The molecular weight excluding hydrogens is 416 g/mol. The van der Waals surface area contributed by atoms with E-state index in [2.05, 4.69) is 10.1 Å². The lowest BCUT2D eigenvalue weighted by atomic mass is 10.1. The van der Waals surface area contributed by atoms with Gasteiger partial charge in [-0.15, -0.1) is 13.2 Å². The molecule has 0 heterocycles. The zero-order valence-corrected chi connectivity index (χ0v) is 14.2. The SMILES string of the molecule is O=C(Nc1ccc(OC(F)(F)F)cc1C(=O)O)c1ccc(SC(F)(F)F)cc1. The Kier molecular flexibility index (Phi) is 6.12. The number of hydrogen-bond acceptors (Lipinski definition) is 4. The number of anilines is 1. The summed E-state index contributed by atoms with van der Waals surface area (Å²) in [7, 11) is 0. The molecule has 0 aliphatic rings. The second-order valence-corrected chi connectivity index (χ2v) is 6.23. The van der Waals surface area contributed by atoms with Gasteiger partial charge in [-0.2, -0.15) is 13.2 Å². The standard InChI is InChI=1S/C16H9F6NO4S/c17-15(18,19)27-9-3-6-12(11(7-9)14(25)26)23-13(24)8-1-4-10(5-2-8)28-16(20,21)22/h1-7H,(H,23,24)(H,25,26). The minimum Gasteiger partial charge on any atom is -0.478 e. The van der Waals surface area contributed by atoms with Crippen LogP contribution >= 0.6 is 11.8 Å². The van der Waals surface area contributed by atoms with Crippen LogP contribution in [0.1, 0.15) is 20.7 Å². The first-order chi connectivity index (χ1) is 12.8. The Bertz CT molecular complexity index is 880. The summed E-state index contributed by atoms with van der Waals surface area (Å²) in [6, 6.07) is 6.55. The van der Waals surface area contributed by atoms with Crippen LogP contribution in [0.25, 0.3) is 0 Å². The second-order valence-electron chi connectivity index (χ2n) is 5.09. The van der Waals surface area contributed by atoms with Gasteiger partial charge in [0.1, 0.15) is 5.75 Å². The number of carbonyl (C=O) groups excluding carboxylic acids is 1. The van der Waals surface area contributed by atoms with Crippen LogP contribution in [0, 0.1) is 0 Å². The van der Waals surface area contributed by atoms with Crippen molar-refractivity contribution >= 4 is 29.3 Å². The highest BCUT2D eigenvalue weighted by atomic mass is 32.2. The van der Waals surface area contributed by atoms with Gasteiger partial charge in [-0.1, -0.05) is 0 Å². The molecule has 2 aromatic carbocycles. The van der Waals surface area contributed by atoms with E-state index in [9.17, 15) is 35.9 Å². The number of carboxylic acid groups (broad SMARTS) is 1. The number of rotatable bonds is 5. The lowest BCUT2D eigenvalue weighted by Gasteiger charge is -2.13. The maximum absolute atomic E-state index is 12.3.